The fourth-order valence-electron chi connectivity index (χ4n) is 4.07. The average molecular weight is 306 g/mol. The highest BCUT2D eigenvalue weighted by atomic mass is 16.3. The van der Waals surface area contributed by atoms with Gasteiger partial charge in [0.25, 0.3) is 0 Å². The molecule has 0 spiro atoms. The summed E-state index contributed by atoms with van der Waals surface area (Å²) in [5.74, 6) is -2.12. The minimum atomic E-state index is -1.89. The van der Waals surface area contributed by atoms with Crippen molar-refractivity contribution < 1.29 is 9.90 Å². The Kier molecular flexibility index (Phi) is 2.98. The van der Waals surface area contributed by atoms with Crippen molar-refractivity contribution in [3.8, 4) is 18.2 Å². The van der Waals surface area contributed by atoms with Crippen molar-refractivity contribution in [3.63, 3.8) is 0 Å². The molecule has 1 saturated heterocycles. The Labute approximate surface area is 133 Å². The number of rotatable bonds is 1. The van der Waals surface area contributed by atoms with Crippen molar-refractivity contribution >= 4 is 5.91 Å². The van der Waals surface area contributed by atoms with Crippen LogP contribution < -0.4 is 5.32 Å². The van der Waals surface area contributed by atoms with E-state index in [1.54, 1.807) is 37.3 Å². The third-order valence-electron chi connectivity index (χ3n) is 5.35. The lowest BCUT2D eigenvalue weighted by Gasteiger charge is -2.48. The summed E-state index contributed by atoms with van der Waals surface area (Å²) in [5, 5.41) is 42.6. The molecule has 2 fully saturated rings. The third kappa shape index (κ3) is 1.55. The number of amides is 1. The summed E-state index contributed by atoms with van der Waals surface area (Å²) in [6, 6.07) is 14.6. The van der Waals surface area contributed by atoms with Crippen LogP contribution >= 0.6 is 0 Å². The van der Waals surface area contributed by atoms with Gasteiger partial charge in [0.15, 0.2) is 10.8 Å². The number of nitrogens with zero attached hydrogens (tertiary/aromatic N) is 3. The second kappa shape index (κ2) is 4.56. The van der Waals surface area contributed by atoms with Gasteiger partial charge in [0.05, 0.1) is 18.2 Å². The maximum absolute atomic E-state index is 12.5. The molecule has 23 heavy (non-hydrogen) atoms. The zero-order valence-electron chi connectivity index (χ0n) is 12.4. The topological polar surface area (TPSA) is 121 Å². The van der Waals surface area contributed by atoms with Crippen LogP contribution in [0.15, 0.2) is 30.3 Å². The van der Waals surface area contributed by atoms with Gasteiger partial charge in [-0.3, -0.25) is 4.79 Å². The lowest BCUT2D eigenvalue weighted by Crippen LogP contribution is -2.56. The van der Waals surface area contributed by atoms with Gasteiger partial charge in [-0.2, -0.15) is 15.8 Å². The molecule has 1 saturated carbocycles. The van der Waals surface area contributed by atoms with Crippen LogP contribution in [0.25, 0.3) is 0 Å². The molecule has 2 N–H and O–H groups in total. The SMILES string of the molecule is C[C@H]1[C@H](c2ccccc2)C(C#N)(C#N)[C@]2(C#N)C[C@@]1(O)NC2=O. The Bertz CT molecular complexity index is 787. The molecule has 1 aromatic rings. The van der Waals surface area contributed by atoms with Crippen molar-refractivity contribution in [3.05, 3.63) is 35.9 Å². The second-order valence-corrected chi connectivity index (χ2v) is 6.28. The zero-order chi connectivity index (χ0) is 16.9. The Morgan fingerprint density at radius 3 is 2.30 bits per heavy atom. The van der Waals surface area contributed by atoms with Crippen LogP contribution in [0, 0.1) is 50.7 Å². The van der Waals surface area contributed by atoms with Crippen molar-refractivity contribution in [1.82, 2.24) is 5.32 Å². The van der Waals surface area contributed by atoms with Gasteiger partial charge in [-0.15, -0.1) is 0 Å². The maximum Gasteiger partial charge on any atom is 0.245 e. The molecule has 1 aliphatic carbocycles. The quantitative estimate of drug-likeness (QED) is 0.806. The first-order chi connectivity index (χ1) is 10.9. The highest BCUT2D eigenvalue weighted by Crippen LogP contribution is 2.64. The van der Waals surface area contributed by atoms with E-state index in [9.17, 15) is 25.7 Å². The largest absolute Gasteiger partial charge is 0.371 e. The molecule has 6 heteroatoms. The number of carbonyl (C=O) groups is 1. The smallest absolute Gasteiger partial charge is 0.245 e. The molecule has 1 aliphatic heterocycles. The molecule has 3 rings (SSSR count). The predicted octanol–water partition coefficient (Wildman–Crippen LogP) is 1.17. The molecule has 1 heterocycles. The Morgan fingerprint density at radius 2 is 1.78 bits per heavy atom. The van der Waals surface area contributed by atoms with E-state index in [4.69, 9.17) is 0 Å². The lowest BCUT2D eigenvalue weighted by molar-refractivity contribution is -0.128. The van der Waals surface area contributed by atoms with E-state index in [2.05, 4.69) is 5.32 Å². The average Bonchev–Trinajstić information content (AvgIpc) is 2.82. The number of aliphatic hydroxyl groups is 1. The monoisotopic (exact) mass is 306 g/mol. The van der Waals surface area contributed by atoms with Crippen molar-refractivity contribution in [2.75, 3.05) is 0 Å². The standard InChI is InChI=1S/C17H14N4O2/c1-11-13(12-5-3-2-4-6-12)16(9-19,10-20)15(8-18)7-17(11,23)21-14(15)22/h2-6,11,13,23H,7H2,1H3,(H,21,22)/t11-,13+,15-,17-/m0/s1. The first-order valence-electron chi connectivity index (χ1n) is 7.24. The van der Waals surface area contributed by atoms with E-state index in [-0.39, 0.29) is 6.42 Å². The van der Waals surface area contributed by atoms with Gasteiger partial charge >= 0.3 is 0 Å². The zero-order valence-corrected chi connectivity index (χ0v) is 12.4. The maximum atomic E-state index is 12.5. The number of hydrogen-bond acceptors (Lipinski definition) is 5. The van der Waals surface area contributed by atoms with Gasteiger partial charge in [0.1, 0.15) is 5.72 Å². The van der Waals surface area contributed by atoms with Crippen LogP contribution in [0.5, 0.6) is 0 Å². The summed E-state index contributed by atoms with van der Waals surface area (Å²) in [6.07, 6.45) is -0.263. The summed E-state index contributed by atoms with van der Waals surface area (Å²) in [5.41, 5.74) is -4.71. The van der Waals surface area contributed by atoms with Gasteiger partial charge in [0, 0.05) is 18.3 Å². The van der Waals surface area contributed by atoms with Crippen LogP contribution in [0.3, 0.4) is 0 Å². The minimum Gasteiger partial charge on any atom is -0.371 e. The normalized spacial score (nSPS) is 37.1. The molecular weight excluding hydrogens is 292 g/mol. The number of nitriles is 3. The summed E-state index contributed by atoms with van der Waals surface area (Å²) < 4.78 is 0. The Balaban J connectivity index is 2.35. The molecule has 0 unspecified atom stereocenters. The molecule has 114 valence electrons. The van der Waals surface area contributed by atoms with Gasteiger partial charge in [-0.05, 0) is 5.56 Å². The summed E-state index contributed by atoms with van der Waals surface area (Å²) in [7, 11) is 0. The van der Waals surface area contributed by atoms with Gasteiger partial charge in [-0.1, -0.05) is 37.3 Å². The number of fused-ring (bicyclic) bond motifs is 2. The van der Waals surface area contributed by atoms with E-state index >= 15 is 0 Å². The first-order valence-corrected chi connectivity index (χ1v) is 7.24. The van der Waals surface area contributed by atoms with Crippen LogP contribution in [0.4, 0.5) is 0 Å². The van der Waals surface area contributed by atoms with Crippen molar-refractivity contribution in [1.29, 1.82) is 15.8 Å². The molecule has 2 bridgehead atoms. The lowest BCUT2D eigenvalue weighted by atomic mass is 9.49. The molecule has 4 atom stereocenters. The van der Waals surface area contributed by atoms with E-state index in [0.29, 0.717) is 5.56 Å². The third-order valence-corrected chi connectivity index (χ3v) is 5.35. The van der Waals surface area contributed by atoms with Gasteiger partial charge in [0.2, 0.25) is 5.91 Å². The van der Waals surface area contributed by atoms with E-state index < -0.39 is 34.3 Å². The first kappa shape index (κ1) is 15.0. The molecule has 0 aromatic heterocycles. The molecular formula is C17H14N4O2. The Morgan fingerprint density at radius 1 is 1.17 bits per heavy atom. The van der Waals surface area contributed by atoms with E-state index in [0.717, 1.165) is 0 Å². The summed E-state index contributed by atoms with van der Waals surface area (Å²) >= 11 is 0. The van der Waals surface area contributed by atoms with Gasteiger partial charge in [-0.25, -0.2) is 0 Å². The fourth-order valence-corrected chi connectivity index (χ4v) is 4.07. The molecule has 0 radical (unpaired) electrons. The number of nitrogens with one attached hydrogen (secondary N) is 1. The highest BCUT2D eigenvalue weighted by molar-refractivity contribution is 5.92. The van der Waals surface area contributed by atoms with Crippen LogP contribution in [0.2, 0.25) is 0 Å². The van der Waals surface area contributed by atoms with Crippen LogP contribution in [-0.4, -0.2) is 16.7 Å². The van der Waals surface area contributed by atoms with Crippen LogP contribution in [-0.2, 0) is 4.79 Å². The molecule has 1 aromatic carbocycles. The van der Waals surface area contributed by atoms with Crippen LogP contribution in [0.1, 0.15) is 24.8 Å². The Hall–Kier alpha value is -2.88. The molecule has 1 amide bonds. The van der Waals surface area contributed by atoms with E-state index in [1.807, 2.05) is 18.2 Å². The van der Waals surface area contributed by atoms with Crippen molar-refractivity contribution in [2.45, 2.75) is 25.0 Å². The van der Waals surface area contributed by atoms with Crippen molar-refractivity contribution in [2.24, 2.45) is 16.7 Å². The van der Waals surface area contributed by atoms with Gasteiger partial charge < -0.3 is 10.4 Å². The number of carbonyl (C=O) groups excluding carboxylic acids is 1. The molecule has 6 nitrogen and oxygen atoms in total. The number of hydrogen-bond donors (Lipinski definition) is 2. The minimum absolute atomic E-state index is 0.263. The number of benzene rings is 1. The summed E-state index contributed by atoms with van der Waals surface area (Å²) in [6.45, 7) is 1.69. The fraction of sp³-hybridized carbons (Fsp3) is 0.412. The predicted molar refractivity (Wildman–Crippen MR) is 77.8 cm³/mol. The second-order valence-electron chi connectivity index (χ2n) is 6.28. The highest BCUT2D eigenvalue weighted by Gasteiger charge is 2.76. The van der Waals surface area contributed by atoms with E-state index in [1.165, 1.54) is 0 Å². The molecule has 2 aliphatic rings. The summed E-state index contributed by atoms with van der Waals surface area (Å²) in [4.78, 5) is 12.5.